The molecule has 2 saturated heterocycles. The van der Waals surface area contributed by atoms with Crippen LogP contribution in [-0.4, -0.2) is 60.8 Å². The van der Waals surface area contributed by atoms with Crippen molar-refractivity contribution in [1.82, 2.24) is 20.3 Å². The van der Waals surface area contributed by atoms with Crippen LogP contribution in [0.4, 0.5) is 5.82 Å². The van der Waals surface area contributed by atoms with E-state index in [1.54, 1.807) is 25.3 Å². The zero-order valence-corrected chi connectivity index (χ0v) is 22.7. The predicted octanol–water partition coefficient (Wildman–Crippen LogP) is 3.70. The summed E-state index contributed by atoms with van der Waals surface area (Å²) >= 11 is 0. The molecule has 10 heteroatoms. The van der Waals surface area contributed by atoms with Crippen molar-refractivity contribution in [2.24, 2.45) is 0 Å². The molecule has 2 aliphatic heterocycles. The number of hydrogen-bond acceptors (Lipinski definition) is 8. The largest absolute Gasteiger partial charge is 0.373 e. The van der Waals surface area contributed by atoms with Gasteiger partial charge in [0, 0.05) is 42.9 Å². The molecule has 0 radical (unpaired) electrons. The number of carbonyl (C=O) groups is 1. The summed E-state index contributed by atoms with van der Waals surface area (Å²) in [6.45, 7) is 4.53. The number of nitrogens with one attached hydrogen (secondary N) is 1. The number of hydrogen-bond donors (Lipinski definition) is 1. The summed E-state index contributed by atoms with van der Waals surface area (Å²) in [6.07, 6.45) is 5.00. The van der Waals surface area contributed by atoms with Crippen LogP contribution in [0.5, 0.6) is 0 Å². The van der Waals surface area contributed by atoms with Crippen LogP contribution in [-0.2, 0) is 21.1 Å². The average Bonchev–Trinajstić information content (AvgIpc) is 3.38. The topological polar surface area (TPSA) is 114 Å². The Balaban J connectivity index is 1.19. The molecule has 2 fully saturated rings. The molecule has 6 rings (SSSR count). The second kappa shape index (κ2) is 9.69. The molecule has 200 valence electrons. The van der Waals surface area contributed by atoms with E-state index in [1.807, 2.05) is 36.4 Å². The second-order valence-electron chi connectivity index (χ2n) is 10.3. The third-order valence-corrected chi connectivity index (χ3v) is 8.75. The van der Waals surface area contributed by atoms with Crippen molar-refractivity contribution in [2.75, 3.05) is 30.9 Å². The minimum atomic E-state index is -3.43. The van der Waals surface area contributed by atoms with Crippen LogP contribution in [0.1, 0.15) is 34.5 Å². The number of anilines is 1. The van der Waals surface area contributed by atoms with Crippen LogP contribution in [0.25, 0.3) is 22.3 Å². The molecule has 1 atom stereocenters. The van der Waals surface area contributed by atoms with E-state index in [4.69, 9.17) is 14.7 Å². The average molecular weight is 544 g/mol. The summed E-state index contributed by atoms with van der Waals surface area (Å²) in [7, 11) is -3.43. The molecule has 1 aromatic carbocycles. The number of aryl methyl sites for hydroxylation is 1. The maximum absolute atomic E-state index is 12.7. The van der Waals surface area contributed by atoms with E-state index in [0.29, 0.717) is 11.3 Å². The first kappa shape index (κ1) is 25.4. The monoisotopic (exact) mass is 543 g/mol. The van der Waals surface area contributed by atoms with Crippen molar-refractivity contribution < 1.29 is 17.9 Å². The number of sulfone groups is 1. The predicted molar refractivity (Wildman–Crippen MR) is 148 cm³/mol. The lowest BCUT2D eigenvalue weighted by molar-refractivity contribution is -0.130. The van der Waals surface area contributed by atoms with Crippen LogP contribution in [0, 0.1) is 6.92 Å². The minimum absolute atomic E-state index is 0.00710. The molecule has 1 amide bonds. The Morgan fingerprint density at radius 3 is 2.64 bits per heavy atom. The van der Waals surface area contributed by atoms with E-state index in [2.05, 4.69) is 15.2 Å². The number of amides is 1. The Labute approximate surface area is 227 Å². The maximum Gasteiger partial charge on any atom is 0.251 e. The summed E-state index contributed by atoms with van der Waals surface area (Å²) in [5.41, 5.74) is 3.82. The SMILES string of the molecule is Cc1ccc(C(=O)NCc2cc3nc(-c4cccc(N5CC[C@@]6(CCO6)C5)n4)ccc3cn2)cc1S(C)(=O)=O. The van der Waals surface area contributed by atoms with Crippen molar-refractivity contribution >= 4 is 32.5 Å². The summed E-state index contributed by atoms with van der Waals surface area (Å²) < 4.78 is 29.9. The Hall–Kier alpha value is -3.89. The number of carbonyl (C=O) groups excluding carboxylic acids is 1. The molecule has 4 aromatic rings. The third-order valence-electron chi connectivity index (χ3n) is 7.51. The van der Waals surface area contributed by atoms with E-state index in [0.717, 1.165) is 66.9 Å². The molecule has 2 aliphatic rings. The number of aromatic nitrogens is 3. The van der Waals surface area contributed by atoms with Crippen LogP contribution in [0.3, 0.4) is 0 Å². The molecular weight excluding hydrogens is 514 g/mol. The van der Waals surface area contributed by atoms with Gasteiger partial charge in [-0.3, -0.25) is 9.78 Å². The Morgan fingerprint density at radius 1 is 1.08 bits per heavy atom. The third kappa shape index (κ3) is 5.09. The number of pyridine rings is 3. The van der Waals surface area contributed by atoms with Gasteiger partial charge >= 0.3 is 0 Å². The smallest absolute Gasteiger partial charge is 0.251 e. The van der Waals surface area contributed by atoms with Crippen molar-refractivity contribution in [2.45, 2.75) is 36.8 Å². The zero-order chi connectivity index (χ0) is 27.2. The van der Waals surface area contributed by atoms with Crippen LogP contribution < -0.4 is 10.2 Å². The Morgan fingerprint density at radius 2 is 1.90 bits per heavy atom. The molecule has 0 aliphatic carbocycles. The molecule has 0 saturated carbocycles. The van der Waals surface area contributed by atoms with Crippen molar-refractivity contribution in [3.63, 3.8) is 0 Å². The first-order valence-corrected chi connectivity index (χ1v) is 14.8. The summed E-state index contributed by atoms with van der Waals surface area (Å²) in [5.74, 6) is 0.551. The van der Waals surface area contributed by atoms with Gasteiger partial charge in [0.2, 0.25) is 0 Å². The van der Waals surface area contributed by atoms with Gasteiger partial charge in [0.15, 0.2) is 9.84 Å². The zero-order valence-electron chi connectivity index (χ0n) is 21.8. The summed E-state index contributed by atoms with van der Waals surface area (Å²) in [5, 5.41) is 3.71. The molecule has 39 heavy (non-hydrogen) atoms. The number of ether oxygens (including phenoxy) is 1. The number of fused-ring (bicyclic) bond motifs is 1. The fraction of sp³-hybridized carbons (Fsp3) is 0.310. The molecule has 9 nitrogen and oxygen atoms in total. The standard InChI is InChI=1S/C29H29N5O4S/c1-19-6-7-20(14-26(19)39(2,36)37)28(35)31-17-22-15-25-21(16-30-22)8-9-24(32-25)23-4-3-5-27(33-23)34-12-10-29(18-34)11-13-38-29/h3-9,14-16H,10-13,17-18H2,1-2H3,(H,31,35)/t29-/m1/s1. The molecule has 3 aromatic heterocycles. The normalized spacial score (nSPS) is 18.9. The molecule has 1 spiro atoms. The fourth-order valence-corrected chi connectivity index (χ4v) is 6.20. The lowest BCUT2D eigenvalue weighted by atomic mass is 9.94. The van der Waals surface area contributed by atoms with Gasteiger partial charge in [-0.05, 0) is 61.4 Å². The van der Waals surface area contributed by atoms with Crippen molar-refractivity contribution in [3.8, 4) is 11.4 Å². The highest BCUT2D eigenvalue weighted by molar-refractivity contribution is 7.90. The lowest BCUT2D eigenvalue weighted by Crippen LogP contribution is -2.46. The Kier molecular flexibility index (Phi) is 6.31. The fourth-order valence-electron chi connectivity index (χ4n) is 5.21. The van der Waals surface area contributed by atoms with Gasteiger partial charge in [-0.1, -0.05) is 12.1 Å². The number of nitrogens with zero attached hydrogens (tertiary/aromatic N) is 4. The van der Waals surface area contributed by atoms with Gasteiger partial charge < -0.3 is 15.0 Å². The highest BCUT2D eigenvalue weighted by atomic mass is 32.2. The van der Waals surface area contributed by atoms with Gasteiger partial charge in [0.1, 0.15) is 5.82 Å². The minimum Gasteiger partial charge on any atom is -0.373 e. The second-order valence-corrected chi connectivity index (χ2v) is 12.3. The van der Waals surface area contributed by atoms with Crippen LogP contribution in [0.15, 0.2) is 65.7 Å². The van der Waals surface area contributed by atoms with Gasteiger partial charge in [0.25, 0.3) is 5.91 Å². The van der Waals surface area contributed by atoms with E-state index in [1.165, 1.54) is 6.07 Å². The summed E-state index contributed by atoms with van der Waals surface area (Å²) in [4.78, 5) is 29.4. The quantitative estimate of drug-likeness (QED) is 0.392. The molecule has 1 N–H and O–H groups in total. The highest BCUT2D eigenvalue weighted by Gasteiger charge is 2.44. The number of benzene rings is 1. The van der Waals surface area contributed by atoms with Gasteiger partial charge in [-0.25, -0.2) is 18.4 Å². The van der Waals surface area contributed by atoms with Gasteiger partial charge in [0.05, 0.1) is 46.2 Å². The van der Waals surface area contributed by atoms with E-state index in [9.17, 15) is 13.2 Å². The van der Waals surface area contributed by atoms with Crippen LogP contribution >= 0.6 is 0 Å². The van der Waals surface area contributed by atoms with E-state index < -0.39 is 9.84 Å². The van der Waals surface area contributed by atoms with Crippen molar-refractivity contribution in [3.05, 3.63) is 77.6 Å². The van der Waals surface area contributed by atoms with Gasteiger partial charge in [-0.2, -0.15) is 0 Å². The van der Waals surface area contributed by atoms with Crippen LogP contribution in [0.2, 0.25) is 0 Å². The molecular formula is C29H29N5O4S. The first-order chi connectivity index (χ1) is 18.7. The molecule has 5 heterocycles. The van der Waals surface area contributed by atoms with E-state index >= 15 is 0 Å². The molecule has 0 bridgehead atoms. The van der Waals surface area contributed by atoms with E-state index in [-0.39, 0.29) is 28.5 Å². The number of rotatable bonds is 6. The first-order valence-electron chi connectivity index (χ1n) is 12.9. The maximum atomic E-state index is 12.7. The van der Waals surface area contributed by atoms with Gasteiger partial charge in [-0.15, -0.1) is 0 Å². The Bertz CT molecular complexity index is 1700. The summed E-state index contributed by atoms with van der Waals surface area (Å²) in [6, 6.07) is 16.4. The highest BCUT2D eigenvalue weighted by Crippen LogP contribution is 2.37. The molecule has 0 unspecified atom stereocenters. The van der Waals surface area contributed by atoms with Crippen molar-refractivity contribution in [1.29, 1.82) is 0 Å². The lowest BCUT2D eigenvalue weighted by Gasteiger charge is -2.38.